The van der Waals surface area contributed by atoms with Crippen molar-refractivity contribution < 1.29 is 39.5 Å². The minimum Gasteiger partial charge on any atom is -0.550 e. The second-order valence-electron chi connectivity index (χ2n) is 5.99. The van der Waals surface area contributed by atoms with Crippen molar-refractivity contribution in [3.05, 3.63) is 54.6 Å². The number of anilines is 3. The molecule has 0 atom stereocenters. The third-order valence-electron chi connectivity index (χ3n) is 4.30. The van der Waals surface area contributed by atoms with Crippen LogP contribution in [0, 0.1) is 0 Å². The summed E-state index contributed by atoms with van der Waals surface area (Å²) in [4.78, 5) is 15.0. The molecule has 0 bridgehead atoms. The minimum atomic E-state index is -0.973. The van der Waals surface area contributed by atoms with Crippen LogP contribution < -0.4 is 44.9 Å². The van der Waals surface area contributed by atoms with E-state index in [0.717, 1.165) is 37.6 Å². The number of rotatable bonds is 6. The maximum Gasteiger partial charge on any atom is 1.00 e. The molecular weight excluding hydrogens is 325 g/mol. The monoisotopic (exact) mass is 347 g/mol. The Labute approximate surface area is 170 Å². The molecule has 25 heavy (non-hydrogen) atoms. The average Bonchev–Trinajstić information content (AvgIpc) is 2.62. The zero-order chi connectivity index (χ0) is 16.8. The van der Waals surface area contributed by atoms with Crippen LogP contribution in [0.3, 0.4) is 0 Å². The summed E-state index contributed by atoms with van der Waals surface area (Å²) >= 11 is 0. The first-order valence-corrected chi connectivity index (χ1v) is 8.30. The Hall–Kier alpha value is -1.53. The van der Waals surface area contributed by atoms with E-state index in [4.69, 9.17) is 0 Å². The summed E-state index contributed by atoms with van der Waals surface area (Å²) < 4.78 is 0. The predicted octanol–water partition coefficient (Wildman–Crippen LogP) is -1.30. The van der Waals surface area contributed by atoms with Crippen LogP contribution in [-0.4, -0.2) is 43.6 Å². The van der Waals surface area contributed by atoms with Gasteiger partial charge in [-0.1, -0.05) is 18.2 Å². The molecule has 1 heterocycles. The van der Waals surface area contributed by atoms with E-state index in [1.165, 1.54) is 5.69 Å². The molecule has 0 radical (unpaired) electrons. The Morgan fingerprint density at radius 1 is 0.920 bits per heavy atom. The minimum absolute atomic E-state index is 0. The first-order valence-electron chi connectivity index (χ1n) is 8.30. The van der Waals surface area contributed by atoms with Crippen molar-refractivity contribution in [3.8, 4) is 0 Å². The maximum absolute atomic E-state index is 10.5. The number of hydrogen-bond donors (Lipinski definition) is 1. The molecule has 1 saturated heterocycles. The second kappa shape index (κ2) is 9.82. The summed E-state index contributed by atoms with van der Waals surface area (Å²) in [7, 11) is 0. The van der Waals surface area contributed by atoms with Crippen molar-refractivity contribution >= 4 is 23.0 Å². The SMILES string of the molecule is O=C([O-])CCN1CCN(c2ccc(Nc3ccccc3)cc2)CC1.[Na+]. The fourth-order valence-electron chi connectivity index (χ4n) is 2.92. The van der Waals surface area contributed by atoms with Crippen LogP contribution in [0.2, 0.25) is 0 Å². The topological polar surface area (TPSA) is 58.6 Å². The van der Waals surface area contributed by atoms with E-state index in [1.54, 1.807) is 0 Å². The van der Waals surface area contributed by atoms with E-state index in [0.29, 0.717) is 6.54 Å². The van der Waals surface area contributed by atoms with Gasteiger partial charge < -0.3 is 20.1 Å². The van der Waals surface area contributed by atoms with Crippen LogP contribution in [0.15, 0.2) is 54.6 Å². The van der Waals surface area contributed by atoms with E-state index in [9.17, 15) is 9.90 Å². The van der Waals surface area contributed by atoms with E-state index < -0.39 is 5.97 Å². The number of carbonyl (C=O) groups excluding carboxylic acids is 1. The van der Waals surface area contributed by atoms with Crippen LogP contribution in [-0.2, 0) is 4.79 Å². The molecule has 0 spiro atoms. The number of carbonyl (C=O) groups is 1. The Morgan fingerprint density at radius 3 is 2.12 bits per heavy atom. The first-order chi connectivity index (χ1) is 11.7. The van der Waals surface area contributed by atoms with E-state index in [2.05, 4.69) is 39.4 Å². The van der Waals surface area contributed by atoms with Gasteiger partial charge in [0.1, 0.15) is 0 Å². The molecule has 6 heteroatoms. The molecule has 0 aliphatic carbocycles. The van der Waals surface area contributed by atoms with Crippen LogP contribution >= 0.6 is 0 Å². The van der Waals surface area contributed by atoms with E-state index in [1.807, 2.05) is 30.3 Å². The molecule has 1 N–H and O–H groups in total. The summed E-state index contributed by atoms with van der Waals surface area (Å²) in [6.07, 6.45) is 0.111. The van der Waals surface area contributed by atoms with Gasteiger partial charge in [-0.25, -0.2) is 0 Å². The molecule has 1 aliphatic rings. The number of nitrogens with zero attached hydrogens (tertiary/aromatic N) is 2. The number of piperazine rings is 1. The van der Waals surface area contributed by atoms with Gasteiger partial charge in [-0.3, -0.25) is 4.90 Å². The third-order valence-corrected chi connectivity index (χ3v) is 4.30. The van der Waals surface area contributed by atoms with Gasteiger partial charge in [0.05, 0.1) is 0 Å². The Balaban J connectivity index is 0.00000225. The zero-order valence-electron chi connectivity index (χ0n) is 14.6. The smallest absolute Gasteiger partial charge is 0.550 e. The molecule has 0 amide bonds. The van der Waals surface area contributed by atoms with Gasteiger partial charge in [0.2, 0.25) is 0 Å². The normalized spacial score (nSPS) is 14.6. The largest absolute Gasteiger partial charge is 1.00 e. The summed E-state index contributed by atoms with van der Waals surface area (Å²) in [5.74, 6) is -0.973. The van der Waals surface area contributed by atoms with Gasteiger partial charge in [0.25, 0.3) is 0 Å². The molecule has 0 saturated carbocycles. The fraction of sp³-hybridized carbons (Fsp3) is 0.316. The zero-order valence-corrected chi connectivity index (χ0v) is 16.6. The second-order valence-corrected chi connectivity index (χ2v) is 5.99. The van der Waals surface area contributed by atoms with Crippen LogP contribution in [0.5, 0.6) is 0 Å². The van der Waals surface area contributed by atoms with Gasteiger partial charge in [-0.05, 0) is 42.8 Å². The van der Waals surface area contributed by atoms with Gasteiger partial charge in [0, 0.05) is 55.8 Å². The summed E-state index contributed by atoms with van der Waals surface area (Å²) in [5.41, 5.74) is 3.34. The molecular formula is C19H22N3NaO2. The van der Waals surface area contributed by atoms with Gasteiger partial charge in [0.15, 0.2) is 0 Å². The molecule has 2 aromatic carbocycles. The molecule has 1 aliphatic heterocycles. The summed E-state index contributed by atoms with van der Waals surface area (Å²) in [6, 6.07) is 18.5. The number of nitrogens with one attached hydrogen (secondary N) is 1. The maximum atomic E-state index is 10.5. The van der Waals surface area contributed by atoms with Crippen molar-refractivity contribution in [1.82, 2.24) is 4.90 Å². The quantitative estimate of drug-likeness (QED) is 0.658. The van der Waals surface area contributed by atoms with Gasteiger partial charge >= 0.3 is 29.6 Å². The Kier molecular flexibility index (Phi) is 7.78. The van der Waals surface area contributed by atoms with Gasteiger partial charge in [-0.2, -0.15) is 0 Å². The van der Waals surface area contributed by atoms with Crippen LogP contribution in [0.4, 0.5) is 17.1 Å². The van der Waals surface area contributed by atoms with Crippen LogP contribution in [0.1, 0.15) is 6.42 Å². The molecule has 0 unspecified atom stereocenters. The molecule has 5 nitrogen and oxygen atoms in total. The average molecular weight is 347 g/mol. The molecule has 0 aromatic heterocycles. The first kappa shape index (κ1) is 19.8. The van der Waals surface area contributed by atoms with Crippen molar-refractivity contribution in [2.45, 2.75) is 6.42 Å². The van der Waals surface area contributed by atoms with E-state index in [-0.39, 0.29) is 36.0 Å². The number of hydrogen-bond acceptors (Lipinski definition) is 5. The standard InChI is InChI=1S/C19H23N3O2.Na/c23-19(24)10-11-21-12-14-22(15-13-21)18-8-6-17(7-9-18)20-16-4-2-1-3-5-16;/h1-9,20H,10-15H2,(H,23,24);/q;+1/p-1. The Morgan fingerprint density at radius 2 is 1.52 bits per heavy atom. The number of para-hydroxylation sites is 1. The number of carboxylic acid groups (broad SMARTS) is 1. The van der Waals surface area contributed by atoms with Crippen molar-refractivity contribution in [2.75, 3.05) is 42.9 Å². The summed E-state index contributed by atoms with van der Waals surface area (Å²) in [5, 5.41) is 13.9. The molecule has 1 fully saturated rings. The van der Waals surface area contributed by atoms with E-state index >= 15 is 0 Å². The number of carboxylic acids is 1. The van der Waals surface area contributed by atoms with Crippen molar-refractivity contribution in [3.63, 3.8) is 0 Å². The molecule has 3 rings (SSSR count). The third kappa shape index (κ3) is 6.04. The van der Waals surface area contributed by atoms with Crippen molar-refractivity contribution in [2.24, 2.45) is 0 Å². The molecule has 126 valence electrons. The fourth-order valence-corrected chi connectivity index (χ4v) is 2.92. The molecule has 2 aromatic rings. The number of benzene rings is 2. The Bertz CT molecular complexity index is 656. The van der Waals surface area contributed by atoms with Crippen LogP contribution in [0.25, 0.3) is 0 Å². The predicted molar refractivity (Wildman–Crippen MR) is 94.4 cm³/mol. The van der Waals surface area contributed by atoms with Crippen molar-refractivity contribution in [1.29, 1.82) is 0 Å². The van der Waals surface area contributed by atoms with Gasteiger partial charge in [-0.15, -0.1) is 0 Å². The number of aliphatic carboxylic acids is 1. The summed E-state index contributed by atoms with van der Waals surface area (Å²) in [6.45, 7) is 4.18.